The molecule has 68 valence electrons. The van der Waals surface area contributed by atoms with Crippen LogP contribution in [0.15, 0.2) is 0 Å². The van der Waals surface area contributed by atoms with Gasteiger partial charge < -0.3 is 15.1 Å². The van der Waals surface area contributed by atoms with Crippen molar-refractivity contribution in [3.05, 3.63) is 0 Å². The van der Waals surface area contributed by atoms with Crippen LogP contribution in [0.4, 0.5) is 0 Å². The number of aliphatic carboxylic acids is 2. The third-order valence-corrected chi connectivity index (χ3v) is 1.18. The van der Waals surface area contributed by atoms with Crippen molar-refractivity contribution in [2.24, 2.45) is 0 Å². The zero-order valence-corrected chi connectivity index (χ0v) is 6.48. The van der Waals surface area contributed by atoms with E-state index in [2.05, 4.69) is 0 Å². The quantitative estimate of drug-likeness (QED) is 0.536. The number of carbonyl (C=O) groups is 3. The number of amides is 1. The van der Waals surface area contributed by atoms with Crippen molar-refractivity contribution in [3.63, 3.8) is 0 Å². The largest absolute Gasteiger partial charge is 0.480 e. The topological polar surface area (TPSA) is 94.9 Å². The zero-order chi connectivity index (χ0) is 9.72. The van der Waals surface area contributed by atoms with E-state index in [0.29, 0.717) is 0 Å². The minimum absolute atomic E-state index is 0.0669. The smallest absolute Gasteiger partial charge is 0.394 e. The molecule has 0 heterocycles. The zero-order valence-electron chi connectivity index (χ0n) is 6.48. The molecule has 2 N–H and O–H groups in total. The average molecular weight is 175 g/mol. The molecular weight excluding hydrogens is 166 g/mol. The summed E-state index contributed by atoms with van der Waals surface area (Å²) in [7, 11) is 0. The second kappa shape index (κ2) is 4.32. The first-order valence-corrected chi connectivity index (χ1v) is 3.23. The Labute approximate surface area is 68.4 Å². The molecule has 0 radical (unpaired) electrons. The summed E-state index contributed by atoms with van der Waals surface area (Å²) in [6, 6.07) is 0. The van der Waals surface area contributed by atoms with E-state index in [0.717, 1.165) is 4.90 Å². The Balaban J connectivity index is 4.24. The standard InChI is InChI=1S/C6H9NO5/c1-2-7(3-4(8)9)5(10)6(11)12/h2-3H2,1H3,(H,8,9)(H,11,12). The highest BCUT2D eigenvalue weighted by atomic mass is 16.4. The highest BCUT2D eigenvalue weighted by molar-refractivity contribution is 6.31. The van der Waals surface area contributed by atoms with Crippen LogP contribution in [0.2, 0.25) is 0 Å². The van der Waals surface area contributed by atoms with Crippen LogP contribution in [-0.2, 0) is 14.4 Å². The van der Waals surface area contributed by atoms with Gasteiger partial charge in [0.25, 0.3) is 0 Å². The van der Waals surface area contributed by atoms with Crippen LogP contribution < -0.4 is 0 Å². The Morgan fingerprint density at radius 2 is 1.75 bits per heavy atom. The molecule has 0 aliphatic carbocycles. The van der Waals surface area contributed by atoms with Crippen LogP contribution in [0.1, 0.15) is 6.92 Å². The predicted molar refractivity (Wildman–Crippen MR) is 37.5 cm³/mol. The van der Waals surface area contributed by atoms with Gasteiger partial charge in [-0.1, -0.05) is 0 Å². The number of hydrogen-bond acceptors (Lipinski definition) is 3. The number of carboxylic acids is 2. The molecule has 0 aliphatic heterocycles. The highest BCUT2D eigenvalue weighted by Crippen LogP contribution is 1.89. The molecule has 0 fully saturated rings. The number of hydrogen-bond donors (Lipinski definition) is 2. The van der Waals surface area contributed by atoms with Gasteiger partial charge in [0, 0.05) is 6.54 Å². The third-order valence-electron chi connectivity index (χ3n) is 1.18. The van der Waals surface area contributed by atoms with E-state index in [1.807, 2.05) is 0 Å². The molecule has 0 aromatic heterocycles. The first kappa shape index (κ1) is 10.4. The monoisotopic (exact) mass is 175 g/mol. The SMILES string of the molecule is CCN(CC(=O)O)C(=O)C(=O)O. The van der Waals surface area contributed by atoms with Crippen molar-refractivity contribution in [1.29, 1.82) is 0 Å². The lowest BCUT2D eigenvalue weighted by Crippen LogP contribution is -2.39. The number of likely N-dealkylation sites (N-methyl/N-ethyl adjacent to an activating group) is 1. The maximum Gasteiger partial charge on any atom is 0.394 e. The van der Waals surface area contributed by atoms with E-state index < -0.39 is 24.4 Å². The molecule has 0 saturated carbocycles. The van der Waals surface area contributed by atoms with E-state index in [9.17, 15) is 14.4 Å². The number of rotatable bonds is 3. The molecule has 0 aromatic rings. The lowest BCUT2D eigenvalue weighted by molar-refractivity contribution is -0.157. The number of carboxylic acid groups (broad SMARTS) is 2. The minimum Gasteiger partial charge on any atom is -0.480 e. The Bertz CT molecular complexity index is 212. The fraction of sp³-hybridized carbons (Fsp3) is 0.500. The van der Waals surface area contributed by atoms with Gasteiger partial charge in [0.05, 0.1) is 0 Å². The van der Waals surface area contributed by atoms with E-state index in [1.165, 1.54) is 6.92 Å². The number of nitrogens with zero attached hydrogens (tertiary/aromatic N) is 1. The van der Waals surface area contributed by atoms with Crippen LogP contribution in [0, 0.1) is 0 Å². The molecular formula is C6H9NO5. The molecule has 12 heavy (non-hydrogen) atoms. The third kappa shape index (κ3) is 3.00. The van der Waals surface area contributed by atoms with Crippen molar-refractivity contribution < 1.29 is 24.6 Å². The molecule has 6 heteroatoms. The summed E-state index contributed by atoms with van der Waals surface area (Å²) in [5.41, 5.74) is 0. The van der Waals surface area contributed by atoms with Crippen LogP contribution in [0.25, 0.3) is 0 Å². The average Bonchev–Trinajstić information content (AvgIpc) is 1.98. The van der Waals surface area contributed by atoms with Crippen LogP contribution >= 0.6 is 0 Å². The summed E-state index contributed by atoms with van der Waals surface area (Å²) in [5, 5.41) is 16.5. The summed E-state index contributed by atoms with van der Waals surface area (Å²) in [6.07, 6.45) is 0. The number of carbonyl (C=O) groups excluding carboxylic acids is 1. The van der Waals surface area contributed by atoms with Gasteiger partial charge in [-0.25, -0.2) is 4.79 Å². The van der Waals surface area contributed by atoms with Crippen molar-refractivity contribution in [1.82, 2.24) is 4.90 Å². The minimum atomic E-state index is -1.64. The van der Waals surface area contributed by atoms with Gasteiger partial charge in [-0.15, -0.1) is 0 Å². The predicted octanol–water partition coefficient (Wildman–Crippen LogP) is -0.996. The van der Waals surface area contributed by atoms with Crippen molar-refractivity contribution >= 4 is 17.8 Å². The van der Waals surface area contributed by atoms with Gasteiger partial charge in [-0.05, 0) is 6.92 Å². The van der Waals surface area contributed by atoms with Gasteiger partial charge >= 0.3 is 17.8 Å². The molecule has 0 saturated heterocycles. The van der Waals surface area contributed by atoms with E-state index >= 15 is 0 Å². The summed E-state index contributed by atoms with van der Waals surface area (Å²) in [4.78, 5) is 31.6. The molecule has 0 aromatic carbocycles. The first-order valence-electron chi connectivity index (χ1n) is 3.23. The molecule has 0 aliphatic rings. The molecule has 6 nitrogen and oxygen atoms in total. The van der Waals surface area contributed by atoms with Gasteiger partial charge in [0.2, 0.25) is 0 Å². The van der Waals surface area contributed by atoms with Crippen molar-refractivity contribution in [2.45, 2.75) is 6.92 Å². The molecule has 0 rings (SSSR count). The van der Waals surface area contributed by atoms with Crippen LogP contribution in [0.3, 0.4) is 0 Å². The summed E-state index contributed by atoms with van der Waals surface area (Å²) >= 11 is 0. The fourth-order valence-electron chi connectivity index (χ4n) is 0.626. The Hall–Kier alpha value is -1.59. The van der Waals surface area contributed by atoms with Gasteiger partial charge in [0.1, 0.15) is 6.54 Å². The normalized spacial score (nSPS) is 9.08. The lowest BCUT2D eigenvalue weighted by Gasteiger charge is -2.14. The Kier molecular flexibility index (Phi) is 3.75. The lowest BCUT2D eigenvalue weighted by atomic mass is 10.4. The van der Waals surface area contributed by atoms with E-state index in [1.54, 1.807) is 0 Å². The molecule has 0 bridgehead atoms. The second-order valence-electron chi connectivity index (χ2n) is 2.02. The highest BCUT2D eigenvalue weighted by Gasteiger charge is 2.20. The van der Waals surface area contributed by atoms with Crippen molar-refractivity contribution in [3.8, 4) is 0 Å². The Morgan fingerprint density at radius 3 is 2.00 bits per heavy atom. The van der Waals surface area contributed by atoms with Crippen molar-refractivity contribution in [2.75, 3.05) is 13.1 Å². The van der Waals surface area contributed by atoms with Gasteiger partial charge in [0.15, 0.2) is 0 Å². The molecule has 0 spiro atoms. The van der Waals surface area contributed by atoms with Gasteiger partial charge in [-0.3, -0.25) is 9.59 Å². The Morgan fingerprint density at radius 1 is 1.25 bits per heavy atom. The van der Waals surface area contributed by atoms with Gasteiger partial charge in [-0.2, -0.15) is 0 Å². The molecule has 0 atom stereocenters. The second-order valence-corrected chi connectivity index (χ2v) is 2.02. The summed E-state index contributed by atoms with van der Waals surface area (Å²) < 4.78 is 0. The molecule has 1 amide bonds. The summed E-state index contributed by atoms with van der Waals surface area (Å²) in [6.45, 7) is 0.989. The maximum absolute atomic E-state index is 10.7. The summed E-state index contributed by atoms with van der Waals surface area (Å²) in [5.74, 6) is -4.07. The van der Waals surface area contributed by atoms with E-state index in [4.69, 9.17) is 10.2 Å². The fourth-order valence-corrected chi connectivity index (χ4v) is 0.626. The van der Waals surface area contributed by atoms with E-state index in [-0.39, 0.29) is 6.54 Å². The first-order chi connectivity index (χ1) is 5.49. The maximum atomic E-state index is 10.7. The molecule has 0 unspecified atom stereocenters. The van der Waals surface area contributed by atoms with Crippen LogP contribution in [0.5, 0.6) is 0 Å². The van der Waals surface area contributed by atoms with Crippen LogP contribution in [-0.4, -0.2) is 46.0 Å².